The highest BCUT2D eigenvalue weighted by molar-refractivity contribution is 5.84. The predicted molar refractivity (Wildman–Crippen MR) is 121 cm³/mol. The molecule has 0 saturated carbocycles. The minimum atomic E-state index is -0.412. The zero-order valence-electron chi connectivity index (χ0n) is 17.6. The highest BCUT2D eigenvalue weighted by atomic mass is 16.5. The molecular formula is C26H28N2O2. The van der Waals surface area contributed by atoms with E-state index in [9.17, 15) is 4.79 Å². The van der Waals surface area contributed by atoms with Gasteiger partial charge in [0, 0.05) is 18.8 Å². The van der Waals surface area contributed by atoms with E-state index < -0.39 is 6.09 Å². The van der Waals surface area contributed by atoms with E-state index in [2.05, 4.69) is 89.9 Å². The first-order valence-electron chi connectivity index (χ1n) is 10.5. The fraction of sp³-hybridized carbons (Fsp3) is 0.269. The molecule has 0 aliphatic carbocycles. The molecule has 4 rings (SSSR count). The van der Waals surface area contributed by atoms with Crippen molar-refractivity contribution in [1.82, 2.24) is 4.90 Å². The van der Waals surface area contributed by atoms with Crippen LogP contribution in [0.15, 0.2) is 78.9 Å². The standard InChI is InChI=1S/C26H28N2O2/c1-3-30-25(29)27-23-14-15-24-21(18-23)16-17-28(19-20-10-6-4-7-11-20)26(24,2)22-12-8-5-9-13-22/h4-15,18H,3,16-17,19H2,1-2H3,(H,27,29). The number of carbonyl (C=O) groups is 1. The van der Waals surface area contributed by atoms with Gasteiger partial charge in [-0.1, -0.05) is 66.7 Å². The Labute approximate surface area is 178 Å². The maximum absolute atomic E-state index is 11.8. The summed E-state index contributed by atoms with van der Waals surface area (Å²) in [7, 11) is 0. The number of nitrogens with one attached hydrogen (secondary N) is 1. The van der Waals surface area contributed by atoms with Gasteiger partial charge in [-0.3, -0.25) is 10.2 Å². The van der Waals surface area contributed by atoms with Crippen LogP contribution in [0.2, 0.25) is 0 Å². The predicted octanol–water partition coefficient (Wildman–Crippen LogP) is 5.58. The van der Waals surface area contributed by atoms with Crippen molar-refractivity contribution >= 4 is 11.8 Å². The second kappa shape index (κ2) is 8.72. The van der Waals surface area contributed by atoms with Crippen LogP contribution in [0.3, 0.4) is 0 Å². The Bertz CT molecular complexity index is 1000. The fourth-order valence-electron chi connectivity index (χ4n) is 4.43. The number of fused-ring (bicyclic) bond motifs is 1. The van der Waals surface area contributed by atoms with E-state index in [0.717, 1.165) is 25.2 Å². The number of ether oxygens (including phenoxy) is 1. The van der Waals surface area contributed by atoms with Gasteiger partial charge in [0.05, 0.1) is 12.1 Å². The average Bonchev–Trinajstić information content (AvgIpc) is 2.77. The topological polar surface area (TPSA) is 41.6 Å². The summed E-state index contributed by atoms with van der Waals surface area (Å²) >= 11 is 0. The molecule has 0 radical (unpaired) electrons. The molecule has 1 aliphatic rings. The first-order chi connectivity index (χ1) is 14.6. The van der Waals surface area contributed by atoms with Crippen LogP contribution in [0.25, 0.3) is 0 Å². The molecule has 3 aromatic carbocycles. The Balaban J connectivity index is 1.72. The Morgan fingerprint density at radius 3 is 2.43 bits per heavy atom. The minimum absolute atomic E-state index is 0.257. The van der Waals surface area contributed by atoms with Crippen molar-refractivity contribution in [3.63, 3.8) is 0 Å². The Morgan fingerprint density at radius 1 is 1.03 bits per heavy atom. The van der Waals surface area contributed by atoms with Crippen molar-refractivity contribution < 1.29 is 9.53 Å². The first-order valence-corrected chi connectivity index (χ1v) is 10.5. The number of rotatable bonds is 5. The molecule has 0 aromatic heterocycles. The average molecular weight is 401 g/mol. The summed E-state index contributed by atoms with van der Waals surface area (Å²) in [6, 6.07) is 27.5. The molecular weight excluding hydrogens is 372 g/mol. The molecule has 30 heavy (non-hydrogen) atoms. The Kier molecular flexibility index (Phi) is 5.86. The molecule has 1 unspecified atom stereocenters. The van der Waals surface area contributed by atoms with Gasteiger partial charge in [0.15, 0.2) is 0 Å². The number of hydrogen-bond donors (Lipinski definition) is 1. The van der Waals surface area contributed by atoms with E-state index in [4.69, 9.17) is 4.74 Å². The van der Waals surface area contributed by atoms with E-state index in [0.29, 0.717) is 6.61 Å². The molecule has 3 aromatic rings. The number of amides is 1. The summed E-state index contributed by atoms with van der Waals surface area (Å²) < 4.78 is 5.03. The third-order valence-electron chi connectivity index (χ3n) is 5.99. The lowest BCUT2D eigenvalue weighted by Crippen LogP contribution is -2.49. The summed E-state index contributed by atoms with van der Waals surface area (Å²) in [4.78, 5) is 14.4. The van der Waals surface area contributed by atoms with Crippen LogP contribution in [-0.2, 0) is 23.2 Å². The molecule has 0 saturated heterocycles. The van der Waals surface area contributed by atoms with Gasteiger partial charge in [-0.25, -0.2) is 4.79 Å². The molecule has 1 N–H and O–H groups in total. The third kappa shape index (κ3) is 3.96. The van der Waals surface area contributed by atoms with Gasteiger partial charge >= 0.3 is 6.09 Å². The van der Waals surface area contributed by atoms with Gasteiger partial charge in [0.1, 0.15) is 0 Å². The highest BCUT2D eigenvalue weighted by Gasteiger charge is 2.40. The highest BCUT2D eigenvalue weighted by Crippen LogP contribution is 2.42. The van der Waals surface area contributed by atoms with E-state index in [1.165, 1.54) is 22.3 Å². The smallest absolute Gasteiger partial charge is 0.411 e. The SMILES string of the molecule is CCOC(=O)Nc1ccc2c(c1)CCN(Cc1ccccc1)C2(C)c1ccccc1. The Hall–Kier alpha value is -3.11. The van der Waals surface area contributed by atoms with Crippen molar-refractivity contribution in [2.45, 2.75) is 32.4 Å². The number of anilines is 1. The summed E-state index contributed by atoms with van der Waals surface area (Å²) in [6.45, 7) is 6.29. The van der Waals surface area contributed by atoms with Gasteiger partial charge in [-0.15, -0.1) is 0 Å². The van der Waals surface area contributed by atoms with Gasteiger partial charge in [-0.05, 0) is 54.7 Å². The lowest BCUT2D eigenvalue weighted by atomic mass is 9.76. The van der Waals surface area contributed by atoms with Crippen molar-refractivity contribution in [3.05, 3.63) is 101 Å². The molecule has 1 aliphatic heterocycles. The number of hydrogen-bond acceptors (Lipinski definition) is 3. The summed E-state index contributed by atoms with van der Waals surface area (Å²) in [5, 5.41) is 2.84. The van der Waals surface area contributed by atoms with Crippen LogP contribution in [-0.4, -0.2) is 24.1 Å². The molecule has 154 valence electrons. The van der Waals surface area contributed by atoms with Crippen LogP contribution < -0.4 is 5.32 Å². The Morgan fingerprint density at radius 2 is 1.73 bits per heavy atom. The van der Waals surface area contributed by atoms with E-state index in [-0.39, 0.29) is 5.54 Å². The third-order valence-corrected chi connectivity index (χ3v) is 5.99. The normalized spacial score (nSPS) is 18.5. The second-order valence-corrected chi connectivity index (χ2v) is 7.81. The van der Waals surface area contributed by atoms with Crippen molar-refractivity contribution in [2.75, 3.05) is 18.5 Å². The van der Waals surface area contributed by atoms with Gasteiger partial charge in [0.2, 0.25) is 0 Å². The van der Waals surface area contributed by atoms with Crippen LogP contribution in [0.1, 0.15) is 36.1 Å². The second-order valence-electron chi connectivity index (χ2n) is 7.81. The molecule has 1 atom stereocenters. The summed E-state index contributed by atoms with van der Waals surface area (Å²) in [6.07, 6.45) is 0.521. The van der Waals surface area contributed by atoms with E-state index >= 15 is 0 Å². The van der Waals surface area contributed by atoms with Gasteiger partial charge < -0.3 is 4.74 Å². The lowest BCUT2D eigenvalue weighted by Gasteiger charge is -2.47. The molecule has 1 amide bonds. The van der Waals surface area contributed by atoms with Crippen LogP contribution >= 0.6 is 0 Å². The van der Waals surface area contributed by atoms with E-state index in [1.54, 1.807) is 6.92 Å². The number of carbonyl (C=O) groups excluding carboxylic acids is 1. The van der Waals surface area contributed by atoms with Crippen molar-refractivity contribution in [3.8, 4) is 0 Å². The van der Waals surface area contributed by atoms with Crippen LogP contribution in [0.5, 0.6) is 0 Å². The quantitative estimate of drug-likeness (QED) is 0.608. The number of nitrogens with zero attached hydrogens (tertiary/aromatic N) is 1. The monoisotopic (exact) mass is 400 g/mol. The maximum atomic E-state index is 11.8. The van der Waals surface area contributed by atoms with Crippen LogP contribution in [0.4, 0.5) is 10.5 Å². The number of benzene rings is 3. The zero-order valence-corrected chi connectivity index (χ0v) is 17.6. The molecule has 0 bridgehead atoms. The zero-order chi connectivity index (χ0) is 21.0. The van der Waals surface area contributed by atoms with Crippen LogP contribution in [0, 0.1) is 0 Å². The fourth-order valence-corrected chi connectivity index (χ4v) is 4.43. The summed E-state index contributed by atoms with van der Waals surface area (Å²) in [5.41, 5.74) is 5.65. The van der Waals surface area contributed by atoms with Crippen molar-refractivity contribution in [1.29, 1.82) is 0 Å². The lowest BCUT2D eigenvalue weighted by molar-refractivity contribution is 0.117. The molecule has 4 nitrogen and oxygen atoms in total. The molecule has 0 spiro atoms. The first kappa shape index (κ1) is 20.2. The van der Waals surface area contributed by atoms with Crippen molar-refractivity contribution in [2.24, 2.45) is 0 Å². The van der Waals surface area contributed by atoms with E-state index in [1.807, 2.05) is 6.07 Å². The minimum Gasteiger partial charge on any atom is -0.450 e. The van der Waals surface area contributed by atoms with Gasteiger partial charge in [0.25, 0.3) is 0 Å². The summed E-state index contributed by atoms with van der Waals surface area (Å²) in [5.74, 6) is 0. The van der Waals surface area contributed by atoms with Gasteiger partial charge in [-0.2, -0.15) is 0 Å². The molecule has 0 fully saturated rings. The molecule has 4 heteroatoms. The largest absolute Gasteiger partial charge is 0.450 e. The maximum Gasteiger partial charge on any atom is 0.411 e. The molecule has 1 heterocycles.